The molecule has 3 heteroatoms. The van der Waals surface area contributed by atoms with Crippen LogP contribution in [0.3, 0.4) is 0 Å². The molecule has 0 atom stereocenters. The van der Waals surface area contributed by atoms with E-state index in [0.29, 0.717) is 5.82 Å². The fraction of sp³-hybridized carbons (Fsp3) is 0.400. The Morgan fingerprint density at radius 2 is 1.72 bits per heavy atom. The molecule has 2 N–H and O–H groups in total. The van der Waals surface area contributed by atoms with Crippen LogP contribution in [0, 0.1) is 13.8 Å². The summed E-state index contributed by atoms with van der Waals surface area (Å²) < 4.78 is 2.05. The molecule has 3 nitrogen and oxygen atoms in total. The highest BCUT2D eigenvalue weighted by atomic mass is 15.3. The molecule has 1 aliphatic carbocycles. The summed E-state index contributed by atoms with van der Waals surface area (Å²) in [5, 5.41) is 4.54. The second kappa shape index (κ2) is 4.16. The summed E-state index contributed by atoms with van der Waals surface area (Å²) >= 11 is 0. The number of nitrogen functional groups attached to an aromatic ring is 1. The summed E-state index contributed by atoms with van der Waals surface area (Å²) in [6.45, 7) is 4.24. The second-order valence-electron chi connectivity index (χ2n) is 5.28. The first-order chi connectivity index (χ1) is 8.65. The molecule has 3 rings (SSSR count). The van der Waals surface area contributed by atoms with Crippen molar-refractivity contribution in [2.45, 2.75) is 39.5 Å². The fourth-order valence-corrected chi connectivity index (χ4v) is 2.91. The van der Waals surface area contributed by atoms with Gasteiger partial charge in [0.1, 0.15) is 5.82 Å². The largest absolute Gasteiger partial charge is 0.382 e. The highest BCUT2D eigenvalue weighted by Crippen LogP contribution is 2.28. The summed E-state index contributed by atoms with van der Waals surface area (Å²) in [7, 11) is 0. The maximum absolute atomic E-state index is 6.04. The fourth-order valence-electron chi connectivity index (χ4n) is 2.91. The van der Waals surface area contributed by atoms with Gasteiger partial charge in [0.15, 0.2) is 0 Å². The van der Waals surface area contributed by atoms with Gasteiger partial charge >= 0.3 is 0 Å². The number of rotatable bonds is 1. The van der Waals surface area contributed by atoms with Crippen LogP contribution in [-0.2, 0) is 12.8 Å². The standard InChI is InChI=1S/C15H19N3/c1-10-7-11(2)9-12(8-10)18-14-6-4-3-5-13(14)15(16)17-18/h7-9H,3-6H2,1-2H3,(H2,16,17). The number of nitrogens with zero attached hydrogens (tertiary/aromatic N) is 2. The number of anilines is 1. The van der Waals surface area contributed by atoms with Crippen LogP contribution >= 0.6 is 0 Å². The normalized spacial score (nSPS) is 14.6. The van der Waals surface area contributed by atoms with Crippen LogP contribution in [-0.4, -0.2) is 9.78 Å². The predicted molar refractivity (Wildman–Crippen MR) is 74.1 cm³/mol. The molecule has 1 aromatic carbocycles. The third kappa shape index (κ3) is 1.80. The van der Waals surface area contributed by atoms with Crippen molar-refractivity contribution in [1.82, 2.24) is 9.78 Å². The van der Waals surface area contributed by atoms with Crippen molar-refractivity contribution in [3.63, 3.8) is 0 Å². The molecule has 1 heterocycles. The maximum Gasteiger partial charge on any atom is 0.149 e. The highest BCUT2D eigenvalue weighted by Gasteiger charge is 2.20. The van der Waals surface area contributed by atoms with Gasteiger partial charge in [0, 0.05) is 11.3 Å². The molecule has 0 fully saturated rings. The molecular formula is C15H19N3. The number of hydrogen-bond donors (Lipinski definition) is 1. The molecule has 0 spiro atoms. The Kier molecular flexibility index (Phi) is 2.62. The van der Waals surface area contributed by atoms with Crippen LogP contribution in [0.4, 0.5) is 5.82 Å². The lowest BCUT2D eigenvalue weighted by molar-refractivity contribution is 0.653. The monoisotopic (exact) mass is 241 g/mol. The third-order valence-corrected chi connectivity index (χ3v) is 3.66. The van der Waals surface area contributed by atoms with E-state index in [2.05, 4.69) is 37.1 Å². The van der Waals surface area contributed by atoms with Gasteiger partial charge in [-0.3, -0.25) is 0 Å². The molecule has 2 aromatic rings. The first-order valence-electron chi connectivity index (χ1n) is 6.60. The summed E-state index contributed by atoms with van der Waals surface area (Å²) in [6, 6.07) is 6.53. The Hall–Kier alpha value is -1.77. The molecule has 0 aliphatic heterocycles. The van der Waals surface area contributed by atoms with Gasteiger partial charge in [-0.2, -0.15) is 5.10 Å². The van der Waals surface area contributed by atoms with Crippen molar-refractivity contribution in [2.75, 3.05) is 5.73 Å². The number of fused-ring (bicyclic) bond motifs is 1. The van der Waals surface area contributed by atoms with Crippen LogP contribution in [0.5, 0.6) is 0 Å². The number of hydrogen-bond acceptors (Lipinski definition) is 2. The van der Waals surface area contributed by atoms with E-state index >= 15 is 0 Å². The SMILES string of the molecule is Cc1cc(C)cc(-n2nc(N)c3c2CCCC3)c1. The topological polar surface area (TPSA) is 43.8 Å². The summed E-state index contributed by atoms with van der Waals surface area (Å²) in [4.78, 5) is 0. The van der Waals surface area contributed by atoms with E-state index in [4.69, 9.17) is 5.73 Å². The molecule has 1 aliphatic rings. The van der Waals surface area contributed by atoms with Gasteiger partial charge in [-0.1, -0.05) is 6.07 Å². The Morgan fingerprint density at radius 1 is 1.06 bits per heavy atom. The van der Waals surface area contributed by atoms with Crippen LogP contribution in [0.15, 0.2) is 18.2 Å². The molecule has 0 saturated carbocycles. The van der Waals surface area contributed by atoms with Gasteiger partial charge in [0.25, 0.3) is 0 Å². The Labute approximate surface area is 108 Å². The average Bonchev–Trinajstić information content (AvgIpc) is 2.66. The highest BCUT2D eigenvalue weighted by molar-refractivity contribution is 5.49. The zero-order valence-electron chi connectivity index (χ0n) is 11.0. The Morgan fingerprint density at radius 3 is 2.44 bits per heavy atom. The van der Waals surface area contributed by atoms with E-state index < -0.39 is 0 Å². The quantitative estimate of drug-likeness (QED) is 0.834. The van der Waals surface area contributed by atoms with E-state index in [0.717, 1.165) is 18.5 Å². The molecule has 0 radical (unpaired) electrons. The van der Waals surface area contributed by atoms with Crippen LogP contribution in [0.2, 0.25) is 0 Å². The minimum absolute atomic E-state index is 0.712. The molecule has 94 valence electrons. The minimum Gasteiger partial charge on any atom is -0.382 e. The van der Waals surface area contributed by atoms with Crippen molar-refractivity contribution in [3.05, 3.63) is 40.6 Å². The number of aryl methyl sites for hydroxylation is 2. The molecule has 1 aromatic heterocycles. The number of nitrogens with two attached hydrogens (primary N) is 1. The van der Waals surface area contributed by atoms with Gasteiger partial charge in [0.05, 0.1) is 5.69 Å². The van der Waals surface area contributed by atoms with E-state index in [1.165, 1.54) is 35.2 Å². The van der Waals surface area contributed by atoms with Crippen molar-refractivity contribution in [1.29, 1.82) is 0 Å². The molecule has 0 bridgehead atoms. The van der Waals surface area contributed by atoms with Crippen molar-refractivity contribution < 1.29 is 0 Å². The average molecular weight is 241 g/mol. The lowest BCUT2D eigenvalue weighted by Crippen LogP contribution is -2.08. The van der Waals surface area contributed by atoms with Gasteiger partial charge in [0.2, 0.25) is 0 Å². The van der Waals surface area contributed by atoms with Crippen LogP contribution < -0.4 is 5.73 Å². The van der Waals surface area contributed by atoms with Crippen molar-refractivity contribution in [2.24, 2.45) is 0 Å². The molecular weight excluding hydrogens is 222 g/mol. The molecule has 0 amide bonds. The van der Waals surface area contributed by atoms with Crippen LogP contribution in [0.1, 0.15) is 35.2 Å². The zero-order valence-corrected chi connectivity index (χ0v) is 11.0. The minimum atomic E-state index is 0.712. The van der Waals surface area contributed by atoms with Gasteiger partial charge < -0.3 is 5.73 Å². The smallest absolute Gasteiger partial charge is 0.149 e. The Bertz CT molecular complexity index is 576. The summed E-state index contributed by atoms with van der Waals surface area (Å²) in [5.41, 5.74) is 12.3. The zero-order chi connectivity index (χ0) is 12.7. The van der Waals surface area contributed by atoms with Gasteiger partial charge in [-0.05, 0) is 62.8 Å². The molecule has 0 saturated heterocycles. The first-order valence-corrected chi connectivity index (χ1v) is 6.60. The van der Waals surface area contributed by atoms with Crippen LogP contribution in [0.25, 0.3) is 5.69 Å². The molecule has 0 unspecified atom stereocenters. The predicted octanol–water partition coefficient (Wildman–Crippen LogP) is 2.95. The lowest BCUT2D eigenvalue weighted by Gasteiger charge is -2.14. The van der Waals surface area contributed by atoms with E-state index in [1.807, 2.05) is 4.68 Å². The van der Waals surface area contributed by atoms with Gasteiger partial charge in [-0.25, -0.2) is 4.68 Å². The van der Waals surface area contributed by atoms with E-state index in [-0.39, 0.29) is 0 Å². The number of aromatic nitrogens is 2. The summed E-state index contributed by atoms with van der Waals surface area (Å²) in [6.07, 6.45) is 4.64. The van der Waals surface area contributed by atoms with Crippen molar-refractivity contribution in [3.8, 4) is 5.69 Å². The third-order valence-electron chi connectivity index (χ3n) is 3.66. The number of benzene rings is 1. The van der Waals surface area contributed by atoms with Crippen molar-refractivity contribution >= 4 is 5.82 Å². The maximum atomic E-state index is 6.04. The van der Waals surface area contributed by atoms with Gasteiger partial charge in [-0.15, -0.1) is 0 Å². The first kappa shape index (κ1) is 11.3. The molecule has 18 heavy (non-hydrogen) atoms. The Balaban J connectivity index is 2.17. The van der Waals surface area contributed by atoms with E-state index in [9.17, 15) is 0 Å². The van der Waals surface area contributed by atoms with E-state index in [1.54, 1.807) is 0 Å². The summed E-state index contributed by atoms with van der Waals surface area (Å²) in [5.74, 6) is 0.712. The lowest BCUT2D eigenvalue weighted by atomic mass is 9.97. The second-order valence-corrected chi connectivity index (χ2v) is 5.28.